The van der Waals surface area contributed by atoms with Crippen molar-refractivity contribution < 1.29 is 19.2 Å². The minimum Gasteiger partial charge on any atom is -0.410 e. The summed E-state index contributed by atoms with van der Waals surface area (Å²) in [5.74, 6) is 0.0752. The number of H-pyrrole nitrogens is 1. The molecule has 3 N–H and O–H groups in total. The van der Waals surface area contributed by atoms with Crippen LogP contribution in [0.15, 0.2) is 24.4 Å². The van der Waals surface area contributed by atoms with Gasteiger partial charge in [-0.3, -0.25) is 14.5 Å². The maximum absolute atomic E-state index is 12.2. The first-order valence-corrected chi connectivity index (χ1v) is 9.61. The number of hydroxylamine groups is 1. The highest BCUT2D eigenvalue weighted by Gasteiger charge is 2.28. The van der Waals surface area contributed by atoms with Crippen LogP contribution in [0.5, 0.6) is 5.75 Å². The molecule has 1 saturated heterocycles. The zero-order valence-electron chi connectivity index (χ0n) is 16.7. The van der Waals surface area contributed by atoms with Gasteiger partial charge in [0.05, 0.1) is 0 Å². The Morgan fingerprint density at radius 1 is 1.32 bits per heavy atom. The molecular formula is C20H28N4O4. The van der Waals surface area contributed by atoms with E-state index in [-0.39, 0.29) is 12.5 Å². The van der Waals surface area contributed by atoms with Crippen LogP contribution in [0.25, 0.3) is 10.9 Å². The third kappa shape index (κ3) is 4.45. The van der Waals surface area contributed by atoms with Crippen molar-refractivity contribution in [1.29, 1.82) is 0 Å². The van der Waals surface area contributed by atoms with Crippen molar-refractivity contribution in [3.63, 3.8) is 0 Å². The molecule has 0 aliphatic carbocycles. The lowest BCUT2D eigenvalue weighted by atomic mass is 10.1. The van der Waals surface area contributed by atoms with Crippen molar-refractivity contribution in [3.8, 4) is 5.75 Å². The van der Waals surface area contributed by atoms with Gasteiger partial charge < -0.3 is 15.0 Å². The summed E-state index contributed by atoms with van der Waals surface area (Å²) in [6, 6.07) is 5.68. The van der Waals surface area contributed by atoms with Crippen LogP contribution < -0.4 is 15.5 Å². The Hall–Kier alpha value is -2.58. The molecule has 0 spiro atoms. The number of nitrogens with zero attached hydrogens (tertiary/aromatic N) is 1. The van der Waals surface area contributed by atoms with Crippen LogP contribution in [-0.2, 0) is 16.1 Å². The molecule has 1 aliphatic heterocycles. The monoisotopic (exact) mass is 388 g/mol. The molecule has 28 heavy (non-hydrogen) atoms. The van der Waals surface area contributed by atoms with Gasteiger partial charge in [0.25, 0.3) is 5.91 Å². The Kier molecular flexibility index (Phi) is 6.21. The number of hydrogen-bond acceptors (Lipinski definition) is 5. The van der Waals surface area contributed by atoms with E-state index in [0.717, 1.165) is 29.4 Å². The van der Waals surface area contributed by atoms with Gasteiger partial charge in [-0.2, -0.15) is 0 Å². The van der Waals surface area contributed by atoms with Gasteiger partial charge in [0.2, 0.25) is 0 Å². The molecule has 1 atom stereocenters. The van der Waals surface area contributed by atoms with Gasteiger partial charge >= 0.3 is 6.09 Å². The van der Waals surface area contributed by atoms with Crippen LogP contribution >= 0.6 is 0 Å². The fraction of sp³-hybridized carbons (Fsp3) is 0.500. The quantitative estimate of drug-likeness (QED) is 0.677. The topological polar surface area (TPSA) is 95.7 Å². The summed E-state index contributed by atoms with van der Waals surface area (Å²) in [6.45, 7) is 9.75. The maximum atomic E-state index is 12.2. The highest BCUT2D eigenvalue weighted by molar-refractivity contribution is 5.92. The highest BCUT2D eigenvalue weighted by Crippen LogP contribution is 2.29. The second kappa shape index (κ2) is 8.62. The number of aromatic amines is 1. The molecule has 1 fully saturated rings. The zero-order chi connectivity index (χ0) is 20.3. The Morgan fingerprint density at radius 3 is 2.71 bits per heavy atom. The molecule has 3 rings (SSSR count). The van der Waals surface area contributed by atoms with E-state index >= 15 is 0 Å². The lowest BCUT2D eigenvalue weighted by Gasteiger charge is -2.30. The molecule has 1 unspecified atom stereocenters. The molecule has 1 aromatic carbocycles. The lowest BCUT2D eigenvalue weighted by Crippen LogP contribution is -2.43. The molecule has 152 valence electrons. The van der Waals surface area contributed by atoms with Gasteiger partial charge in [0.15, 0.2) is 0 Å². The van der Waals surface area contributed by atoms with Crippen LogP contribution in [0.1, 0.15) is 33.3 Å². The summed E-state index contributed by atoms with van der Waals surface area (Å²) in [7, 11) is 0. The second-order valence-corrected chi connectivity index (χ2v) is 7.53. The number of carbonyl (C=O) groups excluding carboxylic acids is 2. The molecule has 0 saturated carbocycles. The summed E-state index contributed by atoms with van der Waals surface area (Å²) in [6.07, 6.45) is 2.11. The summed E-state index contributed by atoms with van der Waals surface area (Å²) in [4.78, 5) is 34.3. The molecular weight excluding hydrogens is 360 g/mol. The minimum absolute atomic E-state index is 0.0772. The van der Waals surface area contributed by atoms with E-state index in [0.29, 0.717) is 17.8 Å². The molecule has 2 amide bonds. The first-order valence-electron chi connectivity index (χ1n) is 9.61. The Balaban J connectivity index is 1.75. The number of aromatic nitrogens is 1. The van der Waals surface area contributed by atoms with E-state index in [1.54, 1.807) is 6.07 Å². The van der Waals surface area contributed by atoms with Gasteiger partial charge in [-0.05, 0) is 51.8 Å². The average Bonchev–Trinajstić information content (AvgIpc) is 3.22. The van der Waals surface area contributed by atoms with Gasteiger partial charge in [0, 0.05) is 35.7 Å². The molecule has 2 heterocycles. The highest BCUT2D eigenvalue weighted by atomic mass is 16.7. The van der Waals surface area contributed by atoms with Gasteiger partial charge in [-0.25, -0.2) is 10.3 Å². The van der Waals surface area contributed by atoms with Crippen molar-refractivity contribution in [2.45, 2.75) is 52.2 Å². The van der Waals surface area contributed by atoms with E-state index in [1.807, 2.05) is 18.3 Å². The maximum Gasteiger partial charge on any atom is 0.413 e. The van der Waals surface area contributed by atoms with Crippen LogP contribution in [0.2, 0.25) is 0 Å². The predicted octanol–water partition coefficient (Wildman–Crippen LogP) is 2.35. The van der Waals surface area contributed by atoms with Crippen molar-refractivity contribution in [2.75, 3.05) is 13.2 Å². The molecule has 0 bridgehead atoms. The minimum atomic E-state index is -0.747. The molecule has 1 aliphatic rings. The van der Waals surface area contributed by atoms with Crippen molar-refractivity contribution in [2.24, 2.45) is 0 Å². The lowest BCUT2D eigenvalue weighted by molar-refractivity contribution is -0.125. The van der Waals surface area contributed by atoms with Gasteiger partial charge in [-0.15, -0.1) is 0 Å². The van der Waals surface area contributed by atoms with E-state index in [9.17, 15) is 9.59 Å². The van der Waals surface area contributed by atoms with Crippen molar-refractivity contribution in [3.05, 3.63) is 30.0 Å². The van der Waals surface area contributed by atoms with Crippen LogP contribution in [0.4, 0.5) is 4.79 Å². The molecule has 8 heteroatoms. The summed E-state index contributed by atoms with van der Waals surface area (Å²) in [5, 5.41) is 3.40. The normalized spacial score (nSPS) is 17.0. The Bertz CT molecular complexity index is 838. The number of nitrogens with one attached hydrogen (secondary N) is 3. The third-order valence-electron chi connectivity index (χ3n) is 4.95. The molecule has 8 nitrogen and oxygen atoms in total. The Morgan fingerprint density at radius 2 is 2.07 bits per heavy atom. The first kappa shape index (κ1) is 20.2. The van der Waals surface area contributed by atoms with E-state index in [2.05, 4.69) is 48.4 Å². The van der Waals surface area contributed by atoms with E-state index in [1.165, 1.54) is 0 Å². The van der Waals surface area contributed by atoms with Crippen molar-refractivity contribution >= 4 is 22.9 Å². The van der Waals surface area contributed by atoms with Gasteiger partial charge in [0.1, 0.15) is 18.4 Å². The number of amides is 2. The van der Waals surface area contributed by atoms with Crippen LogP contribution in [0.3, 0.4) is 0 Å². The Labute approximate surface area is 164 Å². The number of carbonyl (C=O) groups is 2. The fourth-order valence-corrected chi connectivity index (χ4v) is 3.59. The summed E-state index contributed by atoms with van der Waals surface area (Å²) in [5.41, 5.74) is 4.19. The standard InChI is InChI=1S/C20H28N4O4/c1-12(2)24(13(3)4)9-8-14-10-21-15-6-5-7-17(18(14)15)28-20(26)22-16-11-27-23-19(16)25/h5-7,10,12-13,16,21H,8-9,11H2,1-4H3,(H,22,26)(H,23,25). The van der Waals surface area contributed by atoms with Crippen LogP contribution in [-0.4, -0.2) is 53.2 Å². The zero-order valence-corrected chi connectivity index (χ0v) is 16.7. The largest absolute Gasteiger partial charge is 0.413 e. The SMILES string of the molecule is CC(C)N(CCc1c[nH]c2cccc(OC(=O)NC3CONC3=O)c12)C(C)C. The van der Waals surface area contributed by atoms with E-state index < -0.39 is 12.1 Å². The number of fused-ring (bicyclic) bond motifs is 1. The molecule has 1 aromatic heterocycles. The average molecular weight is 388 g/mol. The van der Waals surface area contributed by atoms with Crippen molar-refractivity contribution in [1.82, 2.24) is 20.7 Å². The second-order valence-electron chi connectivity index (χ2n) is 7.53. The van der Waals surface area contributed by atoms with Gasteiger partial charge in [-0.1, -0.05) is 6.07 Å². The van der Waals surface area contributed by atoms with E-state index in [4.69, 9.17) is 9.57 Å². The molecule has 2 aromatic rings. The first-order chi connectivity index (χ1) is 13.4. The fourth-order valence-electron chi connectivity index (χ4n) is 3.59. The number of ether oxygens (including phenoxy) is 1. The smallest absolute Gasteiger partial charge is 0.410 e. The molecule has 0 radical (unpaired) electrons. The summed E-state index contributed by atoms with van der Waals surface area (Å²) < 4.78 is 5.52. The predicted molar refractivity (Wildman–Crippen MR) is 106 cm³/mol. The summed E-state index contributed by atoms with van der Waals surface area (Å²) >= 11 is 0. The number of benzene rings is 1. The number of hydrogen-bond donors (Lipinski definition) is 3. The third-order valence-corrected chi connectivity index (χ3v) is 4.95. The number of rotatable bonds is 7. The van der Waals surface area contributed by atoms with Crippen LogP contribution in [0, 0.1) is 0 Å².